The highest BCUT2D eigenvalue weighted by atomic mass is 79.9. The van der Waals surface area contributed by atoms with Crippen molar-refractivity contribution in [2.24, 2.45) is 5.73 Å². The third kappa shape index (κ3) is 4.69. The second-order valence-corrected chi connectivity index (χ2v) is 5.64. The van der Waals surface area contributed by atoms with E-state index in [4.69, 9.17) is 5.73 Å². The fourth-order valence-corrected chi connectivity index (χ4v) is 2.85. The van der Waals surface area contributed by atoms with Gasteiger partial charge in [0.15, 0.2) is 0 Å². The summed E-state index contributed by atoms with van der Waals surface area (Å²) in [5.74, 6) is 0.531. The molecule has 1 atom stereocenters. The third-order valence-electron chi connectivity index (χ3n) is 2.27. The quantitative estimate of drug-likeness (QED) is 0.669. The van der Waals surface area contributed by atoms with Crippen LogP contribution in [-0.4, -0.2) is 18.8 Å². The zero-order valence-corrected chi connectivity index (χ0v) is 12.3. The monoisotopic (exact) mass is 317 g/mol. The van der Waals surface area contributed by atoms with Gasteiger partial charge in [-0.05, 0) is 40.5 Å². The smallest absolute Gasteiger partial charge is 0.306 e. The predicted molar refractivity (Wildman–Crippen MR) is 74.1 cm³/mol. The van der Waals surface area contributed by atoms with Gasteiger partial charge in [-0.3, -0.25) is 4.79 Å². The maximum Gasteiger partial charge on any atom is 0.306 e. The van der Waals surface area contributed by atoms with E-state index in [0.29, 0.717) is 12.2 Å². The highest BCUT2D eigenvalue weighted by molar-refractivity contribution is 9.10. The summed E-state index contributed by atoms with van der Waals surface area (Å²) in [6.07, 6.45) is 0.419. The van der Waals surface area contributed by atoms with Crippen molar-refractivity contribution in [3.05, 3.63) is 28.2 Å². The Morgan fingerprint density at radius 3 is 2.82 bits per heavy atom. The van der Waals surface area contributed by atoms with Gasteiger partial charge in [0, 0.05) is 21.2 Å². The fraction of sp³-hybridized carbons (Fsp3) is 0.417. The molecule has 5 heteroatoms. The van der Waals surface area contributed by atoms with Crippen LogP contribution in [0.5, 0.6) is 0 Å². The number of nitrogens with two attached hydrogens (primary N) is 1. The van der Waals surface area contributed by atoms with Crippen molar-refractivity contribution >= 4 is 33.7 Å². The first-order valence-electron chi connectivity index (χ1n) is 5.29. The van der Waals surface area contributed by atoms with Crippen molar-refractivity contribution in [2.75, 3.05) is 12.9 Å². The van der Waals surface area contributed by atoms with Gasteiger partial charge in [-0.2, -0.15) is 0 Å². The maximum atomic E-state index is 11.0. The molecule has 1 aromatic carbocycles. The van der Waals surface area contributed by atoms with Crippen molar-refractivity contribution in [3.8, 4) is 0 Å². The molecule has 0 spiro atoms. The lowest BCUT2D eigenvalue weighted by atomic mass is 10.1. The van der Waals surface area contributed by atoms with Crippen molar-refractivity contribution in [2.45, 2.75) is 24.3 Å². The van der Waals surface area contributed by atoms with Crippen LogP contribution in [0.15, 0.2) is 27.6 Å². The molecule has 0 saturated carbocycles. The summed E-state index contributed by atoms with van der Waals surface area (Å²) < 4.78 is 5.60. The van der Waals surface area contributed by atoms with Crippen LogP contribution in [0.3, 0.4) is 0 Å². The number of methoxy groups -OCH3 is 1. The minimum Gasteiger partial charge on any atom is -0.469 e. The summed E-state index contributed by atoms with van der Waals surface area (Å²) in [4.78, 5) is 12.1. The van der Waals surface area contributed by atoms with Crippen molar-refractivity contribution in [1.82, 2.24) is 0 Å². The normalized spacial score (nSPS) is 12.2. The third-order valence-corrected chi connectivity index (χ3v) is 4.27. The Morgan fingerprint density at radius 2 is 2.29 bits per heavy atom. The summed E-state index contributed by atoms with van der Waals surface area (Å²) in [5, 5.41) is 0. The van der Waals surface area contributed by atoms with Gasteiger partial charge in [0.25, 0.3) is 0 Å². The van der Waals surface area contributed by atoms with Gasteiger partial charge >= 0.3 is 5.97 Å². The van der Waals surface area contributed by atoms with Crippen LogP contribution in [0.25, 0.3) is 0 Å². The van der Waals surface area contributed by atoms with Crippen LogP contribution >= 0.6 is 27.7 Å². The second-order valence-electron chi connectivity index (χ2n) is 3.65. The van der Waals surface area contributed by atoms with Crippen LogP contribution in [0.4, 0.5) is 0 Å². The van der Waals surface area contributed by atoms with E-state index in [2.05, 4.69) is 20.7 Å². The van der Waals surface area contributed by atoms with Gasteiger partial charge in [-0.1, -0.05) is 6.07 Å². The molecule has 0 aliphatic carbocycles. The molecular formula is C12H16BrNO2S. The SMILES string of the molecule is COC(=O)CCSc1ccc([C@@H](C)N)cc1Br. The van der Waals surface area contributed by atoms with Gasteiger partial charge in [-0.15, -0.1) is 11.8 Å². The largest absolute Gasteiger partial charge is 0.469 e. The number of ether oxygens (including phenoxy) is 1. The molecule has 0 saturated heterocycles. The van der Waals surface area contributed by atoms with Gasteiger partial charge in [0.1, 0.15) is 0 Å². The van der Waals surface area contributed by atoms with Crippen LogP contribution in [0.2, 0.25) is 0 Å². The number of carbonyl (C=O) groups is 1. The number of hydrogen-bond acceptors (Lipinski definition) is 4. The number of hydrogen-bond donors (Lipinski definition) is 1. The molecule has 3 nitrogen and oxygen atoms in total. The lowest BCUT2D eigenvalue weighted by Gasteiger charge is -2.09. The van der Waals surface area contributed by atoms with E-state index in [-0.39, 0.29) is 12.0 Å². The van der Waals surface area contributed by atoms with E-state index in [0.717, 1.165) is 14.9 Å². The summed E-state index contributed by atoms with van der Waals surface area (Å²) in [7, 11) is 1.40. The molecule has 0 aromatic heterocycles. The second kappa shape index (κ2) is 7.03. The lowest BCUT2D eigenvalue weighted by Crippen LogP contribution is -2.04. The first-order chi connectivity index (χ1) is 8.04. The van der Waals surface area contributed by atoms with Gasteiger partial charge in [-0.25, -0.2) is 0 Å². The molecule has 1 aromatic rings. The molecule has 0 heterocycles. The molecule has 2 N–H and O–H groups in total. The summed E-state index contributed by atoms with van der Waals surface area (Å²) >= 11 is 5.13. The Balaban J connectivity index is 2.57. The Hall–Kier alpha value is -0.520. The molecule has 0 radical (unpaired) electrons. The highest BCUT2D eigenvalue weighted by Gasteiger charge is 2.06. The lowest BCUT2D eigenvalue weighted by molar-refractivity contribution is -0.140. The molecule has 17 heavy (non-hydrogen) atoms. The van der Waals surface area contributed by atoms with Crippen LogP contribution in [0.1, 0.15) is 24.9 Å². The van der Waals surface area contributed by atoms with Crippen LogP contribution < -0.4 is 5.73 Å². The highest BCUT2D eigenvalue weighted by Crippen LogP contribution is 2.30. The molecule has 0 amide bonds. The van der Waals surface area contributed by atoms with Gasteiger partial charge in [0.05, 0.1) is 13.5 Å². The summed E-state index contributed by atoms with van der Waals surface area (Å²) in [5.41, 5.74) is 6.89. The minimum atomic E-state index is -0.180. The number of carbonyl (C=O) groups excluding carboxylic acids is 1. The van der Waals surface area contributed by atoms with Gasteiger partial charge in [0.2, 0.25) is 0 Å². The standard InChI is InChI=1S/C12H16BrNO2S/c1-8(14)9-3-4-11(10(13)7-9)17-6-5-12(15)16-2/h3-4,7-8H,5-6,14H2,1-2H3/t8-/m1/s1. The molecule has 1 rings (SSSR count). The Kier molecular flexibility index (Phi) is 6.02. The number of rotatable bonds is 5. The molecule has 0 bridgehead atoms. The van der Waals surface area contributed by atoms with Crippen molar-refractivity contribution in [1.29, 1.82) is 0 Å². The Morgan fingerprint density at radius 1 is 1.59 bits per heavy atom. The number of halogens is 1. The van der Waals surface area contributed by atoms with Gasteiger partial charge < -0.3 is 10.5 Å². The average Bonchev–Trinajstić information content (AvgIpc) is 2.30. The number of benzene rings is 1. The van der Waals surface area contributed by atoms with E-state index in [1.54, 1.807) is 11.8 Å². The zero-order valence-electron chi connectivity index (χ0n) is 9.90. The summed E-state index contributed by atoms with van der Waals surface area (Å²) in [6, 6.07) is 6.08. The minimum absolute atomic E-state index is 0.0282. The van der Waals surface area contributed by atoms with E-state index >= 15 is 0 Å². The van der Waals surface area contributed by atoms with Crippen molar-refractivity contribution in [3.63, 3.8) is 0 Å². The molecule has 0 unspecified atom stereocenters. The maximum absolute atomic E-state index is 11.0. The zero-order chi connectivity index (χ0) is 12.8. The average molecular weight is 318 g/mol. The van der Waals surface area contributed by atoms with E-state index in [1.807, 2.05) is 25.1 Å². The van der Waals surface area contributed by atoms with Crippen LogP contribution in [0, 0.1) is 0 Å². The molecule has 0 aliphatic rings. The van der Waals surface area contributed by atoms with E-state index in [9.17, 15) is 4.79 Å². The number of esters is 1. The topological polar surface area (TPSA) is 52.3 Å². The predicted octanol–water partition coefficient (Wildman–Crippen LogP) is 3.12. The molecular weight excluding hydrogens is 302 g/mol. The first-order valence-corrected chi connectivity index (χ1v) is 7.07. The number of thioether (sulfide) groups is 1. The molecule has 0 aliphatic heterocycles. The molecule has 94 valence electrons. The van der Waals surface area contributed by atoms with E-state index < -0.39 is 0 Å². The fourth-order valence-electron chi connectivity index (χ4n) is 1.26. The molecule has 0 fully saturated rings. The van der Waals surface area contributed by atoms with E-state index in [1.165, 1.54) is 7.11 Å². The van der Waals surface area contributed by atoms with Crippen LogP contribution in [-0.2, 0) is 9.53 Å². The Bertz CT molecular complexity index is 396. The first kappa shape index (κ1) is 14.5. The summed E-state index contributed by atoms with van der Waals surface area (Å²) in [6.45, 7) is 1.95. The van der Waals surface area contributed by atoms with Crippen molar-refractivity contribution < 1.29 is 9.53 Å². The Labute approximate surface area is 114 Å².